The minimum atomic E-state index is -0.190. The van der Waals surface area contributed by atoms with Gasteiger partial charge in [0.15, 0.2) is 0 Å². The molecular weight excluding hydrogens is 378 g/mol. The molecule has 3 aromatic rings. The monoisotopic (exact) mass is 397 g/mol. The molecule has 1 unspecified atom stereocenters. The van der Waals surface area contributed by atoms with Gasteiger partial charge in [-0.05, 0) is 36.2 Å². The quantitative estimate of drug-likeness (QED) is 0.626. The van der Waals surface area contributed by atoms with E-state index in [9.17, 15) is 4.79 Å². The van der Waals surface area contributed by atoms with Crippen LogP contribution in [0.3, 0.4) is 0 Å². The predicted molar refractivity (Wildman–Crippen MR) is 112 cm³/mol. The number of nitrogens with zero attached hydrogens (tertiary/aromatic N) is 2. The van der Waals surface area contributed by atoms with Crippen LogP contribution in [0, 0.1) is 0 Å². The molecule has 0 bridgehead atoms. The fourth-order valence-electron chi connectivity index (χ4n) is 3.37. The average Bonchev–Trinajstić information content (AvgIpc) is 3.27. The summed E-state index contributed by atoms with van der Waals surface area (Å²) in [5, 5.41) is 8.58. The van der Waals surface area contributed by atoms with Gasteiger partial charge in [0.25, 0.3) is 0 Å². The Labute approximate surface area is 167 Å². The Balaban J connectivity index is 1.69. The Morgan fingerprint density at radius 3 is 2.63 bits per heavy atom. The molecule has 1 N–H and O–H groups in total. The first kappa shape index (κ1) is 18.1. The summed E-state index contributed by atoms with van der Waals surface area (Å²) in [6, 6.07) is 17.4. The fourth-order valence-corrected chi connectivity index (χ4v) is 4.53. The van der Waals surface area contributed by atoms with Crippen molar-refractivity contribution in [3.8, 4) is 5.69 Å². The summed E-state index contributed by atoms with van der Waals surface area (Å²) < 4.78 is 1.83. The largest absolute Gasteiger partial charge is 0.310 e. The molecule has 27 heavy (non-hydrogen) atoms. The summed E-state index contributed by atoms with van der Waals surface area (Å²) in [6.45, 7) is 2.04. The Morgan fingerprint density at radius 2 is 1.93 bits per heavy atom. The van der Waals surface area contributed by atoms with Crippen molar-refractivity contribution in [2.75, 3.05) is 5.32 Å². The van der Waals surface area contributed by atoms with E-state index in [1.165, 1.54) is 0 Å². The third-order valence-corrected chi connectivity index (χ3v) is 6.01. The number of halogens is 1. The standard InChI is InChI=1S/C21H20ClN3OS/c1-2-17(14-6-4-3-5-7-14)21(26)23-20-18-12-27-13-19(18)24-25(20)16-10-8-15(22)9-11-16/h3-11,17H,2,12-13H2,1H3,(H,23,26). The number of hydrogen-bond acceptors (Lipinski definition) is 3. The second-order valence-corrected chi connectivity index (χ2v) is 7.94. The molecule has 6 heteroatoms. The van der Waals surface area contributed by atoms with Crippen LogP contribution < -0.4 is 5.32 Å². The summed E-state index contributed by atoms with van der Waals surface area (Å²) >= 11 is 7.84. The molecule has 0 aliphatic carbocycles. The zero-order chi connectivity index (χ0) is 18.8. The molecule has 1 aliphatic rings. The Hall–Kier alpha value is -2.24. The van der Waals surface area contributed by atoms with E-state index in [0.29, 0.717) is 5.02 Å². The maximum Gasteiger partial charge on any atom is 0.233 e. The number of fused-ring (bicyclic) bond motifs is 1. The number of carbonyl (C=O) groups excluding carboxylic acids is 1. The summed E-state index contributed by atoms with van der Waals surface area (Å²) in [4.78, 5) is 13.1. The van der Waals surface area contributed by atoms with Gasteiger partial charge >= 0.3 is 0 Å². The number of thioether (sulfide) groups is 1. The topological polar surface area (TPSA) is 46.9 Å². The highest BCUT2D eigenvalue weighted by atomic mass is 35.5. The summed E-state index contributed by atoms with van der Waals surface area (Å²) in [6.07, 6.45) is 0.738. The maximum atomic E-state index is 13.1. The molecule has 4 rings (SSSR count). The predicted octanol–water partition coefficient (Wildman–Crippen LogP) is 5.40. The number of rotatable bonds is 5. The molecule has 0 radical (unpaired) electrons. The van der Waals surface area contributed by atoms with Crippen molar-refractivity contribution in [3.63, 3.8) is 0 Å². The van der Waals surface area contributed by atoms with Crippen LogP contribution >= 0.6 is 23.4 Å². The fraction of sp³-hybridized carbons (Fsp3) is 0.238. The third kappa shape index (κ3) is 3.62. The molecule has 1 amide bonds. The van der Waals surface area contributed by atoms with E-state index in [0.717, 1.165) is 46.3 Å². The highest BCUT2D eigenvalue weighted by molar-refractivity contribution is 7.98. The van der Waals surface area contributed by atoms with Crippen molar-refractivity contribution in [1.29, 1.82) is 0 Å². The highest BCUT2D eigenvalue weighted by Gasteiger charge is 2.27. The third-order valence-electron chi connectivity index (χ3n) is 4.79. The first-order chi connectivity index (χ1) is 13.2. The van der Waals surface area contributed by atoms with E-state index in [-0.39, 0.29) is 11.8 Å². The number of nitrogens with one attached hydrogen (secondary N) is 1. The van der Waals surface area contributed by atoms with Crippen molar-refractivity contribution < 1.29 is 4.79 Å². The van der Waals surface area contributed by atoms with E-state index in [1.807, 2.05) is 78.0 Å². The second kappa shape index (κ2) is 7.79. The number of anilines is 1. The van der Waals surface area contributed by atoms with Crippen LogP contribution in [0.5, 0.6) is 0 Å². The van der Waals surface area contributed by atoms with Gasteiger partial charge in [-0.15, -0.1) is 0 Å². The summed E-state index contributed by atoms with van der Waals surface area (Å²) in [5.74, 6) is 2.31. The number of carbonyl (C=O) groups is 1. The van der Waals surface area contributed by atoms with Crippen molar-refractivity contribution in [2.45, 2.75) is 30.8 Å². The van der Waals surface area contributed by atoms with E-state index in [4.69, 9.17) is 16.7 Å². The van der Waals surface area contributed by atoms with Gasteiger partial charge in [-0.1, -0.05) is 48.9 Å². The summed E-state index contributed by atoms with van der Waals surface area (Å²) in [7, 11) is 0. The molecule has 0 fully saturated rings. The van der Waals surface area contributed by atoms with E-state index < -0.39 is 0 Å². The Bertz CT molecular complexity index is 954. The molecule has 0 saturated heterocycles. The number of aromatic nitrogens is 2. The van der Waals surface area contributed by atoms with E-state index >= 15 is 0 Å². The highest BCUT2D eigenvalue weighted by Crippen LogP contribution is 2.37. The van der Waals surface area contributed by atoms with E-state index in [1.54, 1.807) is 0 Å². The normalized spacial score (nSPS) is 14.0. The molecule has 1 aromatic heterocycles. The van der Waals surface area contributed by atoms with Gasteiger partial charge in [0, 0.05) is 22.1 Å². The van der Waals surface area contributed by atoms with Gasteiger partial charge in [-0.2, -0.15) is 16.9 Å². The van der Waals surface area contributed by atoms with E-state index in [2.05, 4.69) is 5.32 Å². The molecule has 2 aromatic carbocycles. The minimum absolute atomic E-state index is 0.00138. The second-order valence-electron chi connectivity index (χ2n) is 6.52. The van der Waals surface area contributed by atoms with Gasteiger partial charge in [0.05, 0.1) is 17.3 Å². The van der Waals surface area contributed by atoms with Crippen molar-refractivity contribution in [2.24, 2.45) is 0 Å². The van der Waals surface area contributed by atoms with Crippen LogP contribution in [0.15, 0.2) is 54.6 Å². The molecule has 0 spiro atoms. The van der Waals surface area contributed by atoms with Gasteiger partial charge < -0.3 is 5.32 Å². The van der Waals surface area contributed by atoms with Crippen LogP contribution in [-0.4, -0.2) is 15.7 Å². The number of amides is 1. The Kier molecular flexibility index (Phi) is 5.23. The number of hydrogen-bond donors (Lipinski definition) is 1. The molecule has 4 nitrogen and oxygen atoms in total. The smallest absolute Gasteiger partial charge is 0.233 e. The Morgan fingerprint density at radius 1 is 1.19 bits per heavy atom. The molecule has 1 atom stereocenters. The van der Waals surface area contributed by atoms with Crippen LogP contribution in [0.2, 0.25) is 5.02 Å². The molecule has 1 aliphatic heterocycles. The lowest BCUT2D eigenvalue weighted by atomic mass is 9.95. The number of benzene rings is 2. The van der Waals surface area contributed by atoms with Crippen LogP contribution in [0.25, 0.3) is 5.69 Å². The van der Waals surface area contributed by atoms with Crippen molar-refractivity contribution >= 4 is 35.1 Å². The first-order valence-corrected chi connectivity index (χ1v) is 10.5. The van der Waals surface area contributed by atoms with Crippen LogP contribution in [0.4, 0.5) is 5.82 Å². The lowest BCUT2D eigenvalue weighted by Gasteiger charge is -2.17. The van der Waals surface area contributed by atoms with Gasteiger partial charge in [0.2, 0.25) is 5.91 Å². The zero-order valence-corrected chi connectivity index (χ0v) is 16.6. The van der Waals surface area contributed by atoms with Gasteiger partial charge in [0.1, 0.15) is 5.82 Å². The van der Waals surface area contributed by atoms with Crippen LogP contribution in [-0.2, 0) is 16.3 Å². The maximum absolute atomic E-state index is 13.1. The zero-order valence-electron chi connectivity index (χ0n) is 15.0. The lowest BCUT2D eigenvalue weighted by Crippen LogP contribution is -2.23. The molecule has 138 valence electrons. The minimum Gasteiger partial charge on any atom is -0.310 e. The lowest BCUT2D eigenvalue weighted by molar-refractivity contribution is -0.117. The first-order valence-electron chi connectivity index (χ1n) is 8.97. The molecule has 0 saturated carbocycles. The average molecular weight is 398 g/mol. The summed E-state index contributed by atoms with van der Waals surface area (Å²) in [5.41, 5.74) is 4.08. The van der Waals surface area contributed by atoms with Crippen molar-refractivity contribution in [1.82, 2.24) is 9.78 Å². The van der Waals surface area contributed by atoms with Gasteiger partial charge in [-0.25, -0.2) is 4.68 Å². The molecule has 2 heterocycles. The van der Waals surface area contributed by atoms with Gasteiger partial charge in [-0.3, -0.25) is 4.79 Å². The van der Waals surface area contributed by atoms with Crippen LogP contribution in [0.1, 0.15) is 36.1 Å². The SMILES string of the molecule is CCC(C(=O)Nc1c2c(nn1-c1ccc(Cl)cc1)CSC2)c1ccccc1. The molecular formula is C21H20ClN3OS. The van der Waals surface area contributed by atoms with Crippen molar-refractivity contribution in [3.05, 3.63) is 76.4 Å².